The second kappa shape index (κ2) is 6.93. The summed E-state index contributed by atoms with van der Waals surface area (Å²) in [6.07, 6.45) is 0. The molecule has 1 aromatic carbocycles. The van der Waals surface area contributed by atoms with Crippen molar-refractivity contribution in [1.29, 1.82) is 0 Å². The maximum atomic E-state index is 11.4. The maximum Gasteiger partial charge on any atom is 0.230 e. The Morgan fingerprint density at radius 2 is 2.12 bits per heavy atom. The molecule has 0 aromatic heterocycles. The number of carbonyl (C=O) groups is 1. The van der Waals surface area contributed by atoms with Gasteiger partial charge in [0.1, 0.15) is 0 Å². The molecule has 0 saturated carbocycles. The van der Waals surface area contributed by atoms with Crippen molar-refractivity contribution in [2.75, 3.05) is 12.4 Å². The summed E-state index contributed by atoms with van der Waals surface area (Å²) in [5.41, 5.74) is 0. The molecular formula is C11H14BrNO2S. The summed E-state index contributed by atoms with van der Waals surface area (Å²) in [6, 6.07) is 7.61. The largest absolute Gasteiger partial charge is 0.394 e. The van der Waals surface area contributed by atoms with Crippen LogP contribution in [0, 0.1) is 0 Å². The Balaban J connectivity index is 2.34. The van der Waals surface area contributed by atoms with Crippen LogP contribution in [0.5, 0.6) is 0 Å². The molecule has 0 bridgehead atoms. The molecule has 1 unspecified atom stereocenters. The molecule has 1 atom stereocenters. The summed E-state index contributed by atoms with van der Waals surface area (Å²) in [5.74, 6) is 0.306. The molecule has 3 nitrogen and oxygen atoms in total. The zero-order chi connectivity index (χ0) is 12.0. The second-order valence-electron chi connectivity index (χ2n) is 3.39. The van der Waals surface area contributed by atoms with E-state index in [1.807, 2.05) is 24.3 Å². The third kappa shape index (κ3) is 5.01. The predicted molar refractivity (Wildman–Crippen MR) is 69.6 cm³/mol. The van der Waals surface area contributed by atoms with E-state index in [4.69, 9.17) is 5.11 Å². The number of benzene rings is 1. The Bertz CT molecular complexity index is 342. The Morgan fingerprint density at radius 3 is 2.69 bits per heavy atom. The summed E-state index contributed by atoms with van der Waals surface area (Å²) >= 11 is 4.83. The number of rotatable bonds is 5. The molecule has 1 rings (SSSR count). The lowest BCUT2D eigenvalue weighted by Gasteiger charge is -2.10. The molecule has 0 fully saturated rings. The van der Waals surface area contributed by atoms with E-state index in [1.54, 1.807) is 6.92 Å². The van der Waals surface area contributed by atoms with Crippen LogP contribution in [0.2, 0.25) is 0 Å². The van der Waals surface area contributed by atoms with Gasteiger partial charge in [-0.2, -0.15) is 0 Å². The second-order valence-corrected chi connectivity index (χ2v) is 5.36. The number of amides is 1. The average Bonchev–Trinajstić information content (AvgIpc) is 2.28. The maximum absolute atomic E-state index is 11.4. The van der Waals surface area contributed by atoms with E-state index < -0.39 is 0 Å². The molecule has 5 heteroatoms. The van der Waals surface area contributed by atoms with Crippen LogP contribution in [-0.4, -0.2) is 29.4 Å². The molecular weight excluding hydrogens is 290 g/mol. The first-order chi connectivity index (χ1) is 7.61. The van der Waals surface area contributed by atoms with Crippen molar-refractivity contribution in [2.24, 2.45) is 0 Å². The molecule has 0 aliphatic carbocycles. The van der Waals surface area contributed by atoms with Gasteiger partial charge >= 0.3 is 0 Å². The van der Waals surface area contributed by atoms with Crippen molar-refractivity contribution in [3.63, 3.8) is 0 Å². The Labute approximate surface area is 108 Å². The van der Waals surface area contributed by atoms with Gasteiger partial charge in [0.15, 0.2) is 0 Å². The van der Waals surface area contributed by atoms with Crippen LogP contribution in [0.3, 0.4) is 0 Å². The minimum atomic E-state index is -0.182. The van der Waals surface area contributed by atoms with Gasteiger partial charge in [-0.15, -0.1) is 11.8 Å². The van der Waals surface area contributed by atoms with Crippen molar-refractivity contribution < 1.29 is 9.90 Å². The van der Waals surface area contributed by atoms with E-state index in [0.717, 1.165) is 9.37 Å². The lowest BCUT2D eigenvalue weighted by atomic mass is 10.4. The smallest absolute Gasteiger partial charge is 0.230 e. The number of aliphatic hydroxyl groups is 1. The fourth-order valence-electron chi connectivity index (χ4n) is 1.04. The highest BCUT2D eigenvalue weighted by molar-refractivity contribution is 9.10. The topological polar surface area (TPSA) is 49.3 Å². The molecule has 16 heavy (non-hydrogen) atoms. The fraction of sp³-hybridized carbons (Fsp3) is 0.364. The normalized spacial score (nSPS) is 12.2. The van der Waals surface area contributed by atoms with Crippen LogP contribution in [0.4, 0.5) is 0 Å². The Kier molecular flexibility index (Phi) is 5.87. The first-order valence-electron chi connectivity index (χ1n) is 4.90. The van der Waals surface area contributed by atoms with Crippen LogP contribution in [0.15, 0.2) is 33.6 Å². The minimum absolute atomic E-state index is 0.0330. The quantitative estimate of drug-likeness (QED) is 0.819. The fourth-order valence-corrected chi connectivity index (χ4v) is 2.02. The van der Waals surface area contributed by atoms with Gasteiger partial charge in [0.05, 0.1) is 12.4 Å². The zero-order valence-electron chi connectivity index (χ0n) is 8.94. The molecule has 0 radical (unpaired) electrons. The number of nitrogens with one attached hydrogen (secondary N) is 1. The lowest BCUT2D eigenvalue weighted by Crippen LogP contribution is -2.36. The van der Waals surface area contributed by atoms with Crippen molar-refractivity contribution in [3.05, 3.63) is 28.7 Å². The van der Waals surface area contributed by atoms with E-state index in [-0.39, 0.29) is 18.6 Å². The molecule has 0 saturated heterocycles. The van der Waals surface area contributed by atoms with E-state index in [9.17, 15) is 4.79 Å². The summed E-state index contributed by atoms with van der Waals surface area (Å²) in [6.45, 7) is 1.73. The molecule has 1 aromatic rings. The molecule has 1 amide bonds. The van der Waals surface area contributed by atoms with Gasteiger partial charge in [0.2, 0.25) is 5.91 Å². The van der Waals surface area contributed by atoms with Gasteiger partial charge in [-0.1, -0.05) is 15.9 Å². The number of hydrogen-bond donors (Lipinski definition) is 2. The van der Waals surface area contributed by atoms with E-state index in [2.05, 4.69) is 21.2 Å². The number of carbonyl (C=O) groups excluding carboxylic acids is 1. The number of halogens is 1. The zero-order valence-corrected chi connectivity index (χ0v) is 11.3. The summed E-state index contributed by atoms with van der Waals surface area (Å²) in [7, 11) is 0. The summed E-state index contributed by atoms with van der Waals surface area (Å²) in [4.78, 5) is 12.5. The van der Waals surface area contributed by atoms with Gasteiger partial charge in [0, 0.05) is 15.4 Å². The Morgan fingerprint density at radius 1 is 1.50 bits per heavy atom. The lowest BCUT2D eigenvalue weighted by molar-refractivity contribution is -0.119. The van der Waals surface area contributed by atoms with Crippen molar-refractivity contribution in [1.82, 2.24) is 5.32 Å². The van der Waals surface area contributed by atoms with E-state index >= 15 is 0 Å². The standard InChI is InChI=1S/C11H14BrNO2S/c1-8(6-14)13-11(15)7-16-10-4-2-9(12)3-5-10/h2-5,8,14H,6-7H2,1H3,(H,13,15). The van der Waals surface area contributed by atoms with Gasteiger partial charge in [-0.05, 0) is 31.2 Å². The van der Waals surface area contributed by atoms with Crippen LogP contribution in [0.1, 0.15) is 6.92 Å². The Hall–Kier alpha value is -0.520. The third-order valence-corrected chi connectivity index (χ3v) is 3.41. The van der Waals surface area contributed by atoms with Crippen LogP contribution in [-0.2, 0) is 4.79 Å². The molecule has 88 valence electrons. The predicted octanol–water partition coefficient (Wildman–Crippen LogP) is 2.04. The van der Waals surface area contributed by atoms with Gasteiger partial charge in [-0.3, -0.25) is 4.79 Å². The molecule has 2 N–H and O–H groups in total. The van der Waals surface area contributed by atoms with Crippen molar-refractivity contribution >= 4 is 33.6 Å². The van der Waals surface area contributed by atoms with Gasteiger partial charge < -0.3 is 10.4 Å². The van der Waals surface area contributed by atoms with E-state index in [1.165, 1.54) is 11.8 Å². The summed E-state index contributed by atoms with van der Waals surface area (Å²) in [5, 5.41) is 11.5. The highest BCUT2D eigenvalue weighted by Gasteiger charge is 2.06. The monoisotopic (exact) mass is 303 g/mol. The van der Waals surface area contributed by atoms with Crippen LogP contribution >= 0.6 is 27.7 Å². The van der Waals surface area contributed by atoms with Crippen LogP contribution < -0.4 is 5.32 Å². The molecule has 0 aliphatic heterocycles. The van der Waals surface area contributed by atoms with E-state index in [0.29, 0.717) is 5.75 Å². The van der Waals surface area contributed by atoms with Crippen LogP contribution in [0.25, 0.3) is 0 Å². The third-order valence-electron chi connectivity index (χ3n) is 1.86. The van der Waals surface area contributed by atoms with Gasteiger partial charge in [-0.25, -0.2) is 0 Å². The van der Waals surface area contributed by atoms with Gasteiger partial charge in [0.25, 0.3) is 0 Å². The number of aliphatic hydroxyl groups excluding tert-OH is 1. The SMILES string of the molecule is CC(CO)NC(=O)CSc1ccc(Br)cc1. The highest BCUT2D eigenvalue weighted by atomic mass is 79.9. The summed E-state index contributed by atoms with van der Waals surface area (Å²) < 4.78 is 1.02. The van der Waals surface area contributed by atoms with Crippen molar-refractivity contribution in [2.45, 2.75) is 17.9 Å². The minimum Gasteiger partial charge on any atom is -0.394 e. The van der Waals surface area contributed by atoms with Crippen molar-refractivity contribution in [3.8, 4) is 0 Å². The number of thioether (sulfide) groups is 1. The first-order valence-corrected chi connectivity index (χ1v) is 6.68. The molecule has 0 heterocycles. The highest BCUT2D eigenvalue weighted by Crippen LogP contribution is 2.20. The average molecular weight is 304 g/mol. The molecule has 0 spiro atoms. The molecule has 0 aliphatic rings. The first kappa shape index (κ1) is 13.5. The number of hydrogen-bond acceptors (Lipinski definition) is 3.